The number of azo groups is 1. The average Bonchev–Trinajstić information content (AvgIpc) is 3.09. The van der Waals surface area contributed by atoms with Gasteiger partial charge in [-0.2, -0.15) is 22.9 Å². The quantitative estimate of drug-likeness (QED) is 0.0892. The van der Waals surface area contributed by atoms with Crippen LogP contribution in [0, 0.1) is 0 Å². The van der Waals surface area contributed by atoms with Crippen LogP contribution < -0.4 is 10.6 Å². The highest BCUT2D eigenvalue weighted by atomic mass is 32.2. The van der Waals surface area contributed by atoms with Gasteiger partial charge in [0.05, 0.1) is 16.6 Å². The molecule has 1 fully saturated rings. The summed E-state index contributed by atoms with van der Waals surface area (Å²) in [5.74, 6) is -0.410. The molecule has 3 unspecified atom stereocenters. The minimum atomic E-state index is -0.666. The Bertz CT molecular complexity index is 1690. The van der Waals surface area contributed by atoms with Gasteiger partial charge in [-0.25, -0.2) is 4.79 Å². The number of esters is 1. The third-order valence-electron chi connectivity index (χ3n) is 7.85. The van der Waals surface area contributed by atoms with Crippen molar-refractivity contribution in [3.05, 3.63) is 137 Å². The Kier molecular flexibility index (Phi) is 9.07. The summed E-state index contributed by atoms with van der Waals surface area (Å²) in [6, 6.07) is 33.8. The molecule has 4 aromatic rings. The average molecular weight is 636 g/mol. The number of nitrogens with zero attached hydrogens (tertiary/aromatic N) is 4. The zero-order chi connectivity index (χ0) is 31.5. The molecule has 228 valence electrons. The van der Waals surface area contributed by atoms with Crippen molar-refractivity contribution in [2.75, 3.05) is 24.7 Å². The Labute approximate surface area is 272 Å². The minimum absolute atomic E-state index is 0.215. The summed E-state index contributed by atoms with van der Waals surface area (Å²) in [5, 5.41) is 7.93. The van der Waals surface area contributed by atoms with Crippen LogP contribution in [0.5, 0.6) is 0 Å². The SMILES string of the molecule is CN(C)c1ccc(N=Nc2ccc(C(S)C3=C(C(=O)OC(c4ccccc4)c4ccccc4)N4C(=O)C(N)C4SC3)cc2)cc1. The lowest BCUT2D eigenvalue weighted by Gasteiger charge is -2.49. The third-order valence-corrected chi connectivity index (χ3v) is 9.78. The van der Waals surface area contributed by atoms with Crippen molar-refractivity contribution in [2.24, 2.45) is 16.0 Å². The van der Waals surface area contributed by atoms with Gasteiger partial charge in [-0.05, 0) is 58.7 Å². The lowest BCUT2D eigenvalue weighted by atomic mass is 9.98. The van der Waals surface area contributed by atoms with Gasteiger partial charge < -0.3 is 15.4 Å². The summed E-state index contributed by atoms with van der Waals surface area (Å²) < 4.78 is 6.22. The summed E-state index contributed by atoms with van der Waals surface area (Å²) in [6.07, 6.45) is -0.658. The molecule has 0 spiro atoms. The predicted octanol–water partition coefficient (Wildman–Crippen LogP) is 6.97. The second-order valence-electron chi connectivity index (χ2n) is 11.0. The molecule has 6 rings (SSSR count). The zero-order valence-electron chi connectivity index (χ0n) is 24.9. The Morgan fingerprint density at radius 1 is 0.867 bits per heavy atom. The van der Waals surface area contributed by atoms with E-state index in [0.29, 0.717) is 17.0 Å². The standard InChI is InChI=1S/C35H33N5O3S2/c1-39(2)27-19-17-26(18-20-27)38-37-25-15-13-24(14-16-25)32(44)28-21-45-34-29(36)33(41)40(34)30(28)35(42)43-31(22-9-5-3-6-10-22)23-11-7-4-8-12-23/h3-20,29,31-32,34,44H,21,36H2,1-2H3. The molecule has 10 heteroatoms. The summed E-state index contributed by atoms with van der Waals surface area (Å²) >= 11 is 6.49. The van der Waals surface area contributed by atoms with E-state index in [1.165, 1.54) is 16.7 Å². The number of amides is 1. The molecular formula is C35H33N5O3S2. The number of thiol groups is 1. The molecular weight excluding hydrogens is 603 g/mol. The van der Waals surface area contributed by atoms with Gasteiger partial charge in [0.2, 0.25) is 5.91 Å². The first-order valence-electron chi connectivity index (χ1n) is 14.5. The number of carbonyl (C=O) groups is 2. The third kappa shape index (κ3) is 6.40. The number of fused-ring (bicyclic) bond motifs is 1. The Morgan fingerprint density at radius 2 is 1.40 bits per heavy atom. The summed E-state index contributed by atoms with van der Waals surface area (Å²) in [4.78, 5) is 30.6. The molecule has 3 atom stereocenters. The maximum absolute atomic E-state index is 14.1. The molecule has 2 aliphatic heterocycles. The molecule has 1 amide bonds. The van der Waals surface area contributed by atoms with Gasteiger partial charge in [-0.3, -0.25) is 9.69 Å². The summed E-state index contributed by atoms with van der Waals surface area (Å²) in [5.41, 5.74) is 12.1. The van der Waals surface area contributed by atoms with Crippen LogP contribution in [-0.2, 0) is 14.3 Å². The van der Waals surface area contributed by atoms with E-state index < -0.39 is 23.4 Å². The van der Waals surface area contributed by atoms with Gasteiger partial charge in [0.1, 0.15) is 17.1 Å². The van der Waals surface area contributed by atoms with E-state index in [-0.39, 0.29) is 17.0 Å². The van der Waals surface area contributed by atoms with Crippen molar-refractivity contribution in [2.45, 2.75) is 22.8 Å². The molecule has 8 nitrogen and oxygen atoms in total. The minimum Gasteiger partial charge on any atom is -0.448 e. The second kappa shape index (κ2) is 13.3. The number of nitrogens with two attached hydrogens (primary N) is 1. The zero-order valence-corrected chi connectivity index (χ0v) is 26.6. The highest BCUT2D eigenvalue weighted by molar-refractivity contribution is 8.00. The van der Waals surface area contributed by atoms with Crippen LogP contribution in [0.3, 0.4) is 0 Å². The van der Waals surface area contributed by atoms with Gasteiger partial charge in [0, 0.05) is 25.5 Å². The molecule has 0 aromatic heterocycles. The lowest BCUT2D eigenvalue weighted by Crippen LogP contribution is -2.68. The van der Waals surface area contributed by atoms with Crippen LogP contribution in [0.4, 0.5) is 17.1 Å². The summed E-state index contributed by atoms with van der Waals surface area (Å²) in [6.45, 7) is 0. The number of thioether (sulfide) groups is 1. The molecule has 4 aromatic carbocycles. The fourth-order valence-electron chi connectivity index (χ4n) is 5.34. The largest absolute Gasteiger partial charge is 0.448 e. The number of hydrogen-bond donors (Lipinski definition) is 2. The molecule has 0 bridgehead atoms. The summed E-state index contributed by atoms with van der Waals surface area (Å²) in [7, 11) is 3.98. The normalized spacial score (nSPS) is 18.5. The van der Waals surface area contributed by atoms with Gasteiger partial charge in [0.25, 0.3) is 0 Å². The van der Waals surface area contributed by atoms with E-state index in [2.05, 4.69) is 10.2 Å². The second-order valence-corrected chi connectivity index (χ2v) is 12.6. The Balaban J connectivity index is 1.28. The lowest BCUT2D eigenvalue weighted by molar-refractivity contribution is -0.153. The number of benzene rings is 4. The van der Waals surface area contributed by atoms with E-state index in [1.54, 1.807) is 0 Å². The molecule has 2 heterocycles. The van der Waals surface area contributed by atoms with Crippen LogP contribution in [0.2, 0.25) is 0 Å². The van der Waals surface area contributed by atoms with Crippen molar-refractivity contribution in [3.63, 3.8) is 0 Å². The van der Waals surface area contributed by atoms with Gasteiger partial charge in [-0.15, -0.1) is 11.8 Å². The van der Waals surface area contributed by atoms with Crippen molar-refractivity contribution in [3.8, 4) is 0 Å². The fraction of sp³-hybridized carbons (Fsp3) is 0.200. The predicted molar refractivity (Wildman–Crippen MR) is 182 cm³/mol. The van der Waals surface area contributed by atoms with Crippen LogP contribution in [0.1, 0.15) is 28.0 Å². The molecule has 1 saturated heterocycles. The number of β-lactam (4-membered cyclic amide) rings is 1. The first-order chi connectivity index (χ1) is 21.8. The molecule has 2 aliphatic rings. The van der Waals surface area contributed by atoms with Crippen LogP contribution in [0.15, 0.2) is 131 Å². The van der Waals surface area contributed by atoms with Gasteiger partial charge >= 0.3 is 5.97 Å². The molecule has 0 radical (unpaired) electrons. The van der Waals surface area contributed by atoms with E-state index in [0.717, 1.165) is 28.1 Å². The molecule has 0 aliphatic carbocycles. The van der Waals surface area contributed by atoms with E-state index in [1.807, 2.05) is 128 Å². The van der Waals surface area contributed by atoms with E-state index >= 15 is 0 Å². The van der Waals surface area contributed by atoms with E-state index in [4.69, 9.17) is 23.1 Å². The van der Waals surface area contributed by atoms with Crippen LogP contribution in [0.25, 0.3) is 0 Å². The van der Waals surface area contributed by atoms with Crippen molar-refractivity contribution < 1.29 is 14.3 Å². The van der Waals surface area contributed by atoms with Gasteiger partial charge in [0.15, 0.2) is 6.10 Å². The molecule has 0 saturated carbocycles. The maximum Gasteiger partial charge on any atom is 0.356 e. The first kappa shape index (κ1) is 30.6. The Morgan fingerprint density at radius 3 is 1.93 bits per heavy atom. The topological polar surface area (TPSA) is 101 Å². The fourth-order valence-corrected chi connectivity index (χ4v) is 7.19. The first-order valence-corrected chi connectivity index (χ1v) is 16.1. The smallest absolute Gasteiger partial charge is 0.356 e. The van der Waals surface area contributed by atoms with Crippen LogP contribution in [-0.4, -0.2) is 48.0 Å². The highest BCUT2D eigenvalue weighted by Crippen LogP contribution is 2.46. The number of hydrogen-bond acceptors (Lipinski definition) is 9. The number of rotatable bonds is 9. The number of ether oxygens (including phenoxy) is 1. The monoisotopic (exact) mass is 635 g/mol. The Hall–Kier alpha value is -4.38. The highest BCUT2D eigenvalue weighted by Gasteiger charge is 2.53. The molecule has 2 N–H and O–H groups in total. The maximum atomic E-state index is 14.1. The number of anilines is 1. The van der Waals surface area contributed by atoms with Crippen molar-refractivity contribution in [1.82, 2.24) is 4.90 Å². The van der Waals surface area contributed by atoms with Crippen molar-refractivity contribution >= 4 is 53.3 Å². The van der Waals surface area contributed by atoms with Crippen LogP contribution >= 0.6 is 24.4 Å². The van der Waals surface area contributed by atoms with Gasteiger partial charge in [-0.1, -0.05) is 72.8 Å². The van der Waals surface area contributed by atoms with Crippen molar-refractivity contribution in [1.29, 1.82) is 0 Å². The number of carbonyl (C=O) groups excluding carboxylic acids is 2. The van der Waals surface area contributed by atoms with E-state index in [9.17, 15) is 9.59 Å². The molecule has 45 heavy (non-hydrogen) atoms.